The third kappa shape index (κ3) is 5.49. The number of amides is 2. The molecule has 166 valence electrons. The first-order chi connectivity index (χ1) is 14.8. The van der Waals surface area contributed by atoms with Crippen molar-refractivity contribution in [3.63, 3.8) is 0 Å². The highest BCUT2D eigenvalue weighted by Gasteiger charge is 2.30. The van der Waals surface area contributed by atoms with E-state index in [-0.39, 0.29) is 23.7 Å². The van der Waals surface area contributed by atoms with Gasteiger partial charge in [-0.1, -0.05) is 29.8 Å². The molecule has 1 saturated heterocycles. The number of hydrogen-bond acceptors (Lipinski definition) is 4. The molecule has 0 unspecified atom stereocenters. The molecule has 6 nitrogen and oxygen atoms in total. The molecule has 1 fully saturated rings. The third-order valence-electron chi connectivity index (χ3n) is 6.20. The van der Waals surface area contributed by atoms with E-state index in [1.165, 1.54) is 5.56 Å². The van der Waals surface area contributed by atoms with Gasteiger partial charge in [0.1, 0.15) is 5.82 Å². The van der Waals surface area contributed by atoms with Crippen LogP contribution in [0.1, 0.15) is 72.4 Å². The van der Waals surface area contributed by atoms with E-state index in [1.807, 2.05) is 44.7 Å². The Morgan fingerprint density at radius 1 is 1.13 bits per heavy atom. The van der Waals surface area contributed by atoms with Gasteiger partial charge < -0.3 is 10.2 Å². The Kier molecular flexibility index (Phi) is 7.42. The lowest BCUT2D eigenvalue weighted by Gasteiger charge is -2.34. The van der Waals surface area contributed by atoms with Gasteiger partial charge in [-0.25, -0.2) is 9.97 Å². The lowest BCUT2D eigenvalue weighted by Crippen LogP contribution is -2.41. The maximum Gasteiger partial charge on any atom is 0.229 e. The summed E-state index contributed by atoms with van der Waals surface area (Å²) in [6.07, 6.45) is 2.21. The fourth-order valence-electron chi connectivity index (χ4n) is 4.28. The standard InChI is InChI=1S/C25H34N4O2/c1-6-26-23(30)14-22-18(4)27-24(28-19(22)5)21-8-7-13-29(15-21)25(31)17(3)20-11-9-16(2)10-12-20/h9-12,17,21H,6-8,13-15H2,1-5H3,(H,26,30)/t17-,21-/m0/s1. The molecule has 2 aromatic rings. The smallest absolute Gasteiger partial charge is 0.229 e. The number of aromatic nitrogens is 2. The van der Waals surface area contributed by atoms with Crippen molar-refractivity contribution in [2.24, 2.45) is 0 Å². The minimum absolute atomic E-state index is 0.00965. The molecule has 31 heavy (non-hydrogen) atoms. The van der Waals surface area contributed by atoms with Crippen molar-refractivity contribution < 1.29 is 9.59 Å². The van der Waals surface area contributed by atoms with Crippen LogP contribution in [0.3, 0.4) is 0 Å². The van der Waals surface area contributed by atoms with Gasteiger partial charge in [0.15, 0.2) is 0 Å². The van der Waals surface area contributed by atoms with Gasteiger partial charge in [0.2, 0.25) is 11.8 Å². The van der Waals surface area contributed by atoms with E-state index in [0.717, 1.165) is 47.7 Å². The van der Waals surface area contributed by atoms with Crippen LogP contribution in [0.5, 0.6) is 0 Å². The first-order valence-electron chi connectivity index (χ1n) is 11.3. The minimum atomic E-state index is -0.164. The summed E-state index contributed by atoms with van der Waals surface area (Å²) in [7, 11) is 0. The van der Waals surface area contributed by atoms with E-state index in [2.05, 4.69) is 24.4 Å². The van der Waals surface area contributed by atoms with Crippen LogP contribution in [0.25, 0.3) is 0 Å². The van der Waals surface area contributed by atoms with Crippen molar-refractivity contribution in [3.05, 3.63) is 58.2 Å². The predicted octanol–water partition coefficient (Wildman–Crippen LogP) is 3.59. The number of aryl methyl sites for hydroxylation is 3. The number of nitrogens with one attached hydrogen (secondary N) is 1. The Balaban J connectivity index is 1.73. The fourth-order valence-corrected chi connectivity index (χ4v) is 4.28. The largest absolute Gasteiger partial charge is 0.356 e. The summed E-state index contributed by atoms with van der Waals surface area (Å²) in [4.78, 5) is 36.6. The molecular weight excluding hydrogens is 388 g/mol. The van der Waals surface area contributed by atoms with Crippen LogP contribution in [0.4, 0.5) is 0 Å². The van der Waals surface area contributed by atoms with Gasteiger partial charge in [-0.3, -0.25) is 9.59 Å². The SMILES string of the molecule is CCNC(=O)Cc1c(C)nc([C@H]2CCCN(C(=O)[C@@H](C)c3ccc(C)cc3)C2)nc1C. The van der Waals surface area contributed by atoms with Crippen LogP contribution >= 0.6 is 0 Å². The van der Waals surface area contributed by atoms with E-state index in [9.17, 15) is 9.59 Å². The summed E-state index contributed by atoms with van der Waals surface area (Å²) in [5.74, 6) is 0.900. The molecule has 1 aromatic heterocycles. The Bertz CT molecular complexity index is 916. The molecule has 0 spiro atoms. The zero-order valence-corrected chi connectivity index (χ0v) is 19.4. The summed E-state index contributed by atoms with van der Waals surface area (Å²) in [5, 5.41) is 2.83. The Labute approximate surface area is 185 Å². The van der Waals surface area contributed by atoms with Crippen LogP contribution in [-0.4, -0.2) is 46.3 Å². The monoisotopic (exact) mass is 422 g/mol. The highest BCUT2D eigenvalue weighted by molar-refractivity contribution is 5.83. The Morgan fingerprint density at radius 3 is 2.39 bits per heavy atom. The van der Waals surface area contributed by atoms with Crippen molar-refractivity contribution in [2.75, 3.05) is 19.6 Å². The molecule has 3 rings (SSSR count). The molecule has 0 radical (unpaired) electrons. The van der Waals surface area contributed by atoms with Crippen molar-refractivity contribution in [1.82, 2.24) is 20.2 Å². The maximum atomic E-state index is 13.2. The van der Waals surface area contributed by atoms with Crippen LogP contribution in [0.15, 0.2) is 24.3 Å². The second-order valence-corrected chi connectivity index (χ2v) is 8.62. The molecule has 1 aliphatic rings. The van der Waals surface area contributed by atoms with Gasteiger partial charge in [0.25, 0.3) is 0 Å². The van der Waals surface area contributed by atoms with Crippen LogP contribution in [0, 0.1) is 20.8 Å². The van der Waals surface area contributed by atoms with E-state index in [1.54, 1.807) is 0 Å². The van der Waals surface area contributed by atoms with Crippen molar-refractivity contribution >= 4 is 11.8 Å². The zero-order chi connectivity index (χ0) is 22.5. The molecule has 1 aromatic carbocycles. The number of likely N-dealkylation sites (N-methyl/N-ethyl adjacent to an activating group) is 1. The third-order valence-corrected chi connectivity index (χ3v) is 6.20. The Morgan fingerprint density at radius 2 is 1.77 bits per heavy atom. The molecule has 2 atom stereocenters. The molecule has 2 amide bonds. The van der Waals surface area contributed by atoms with Crippen molar-refractivity contribution in [1.29, 1.82) is 0 Å². The molecule has 2 heterocycles. The highest BCUT2D eigenvalue weighted by atomic mass is 16.2. The first kappa shape index (κ1) is 22.9. The van der Waals surface area contributed by atoms with Crippen molar-refractivity contribution in [3.8, 4) is 0 Å². The molecule has 0 aliphatic carbocycles. The lowest BCUT2D eigenvalue weighted by atomic mass is 9.93. The second kappa shape index (κ2) is 10.0. The number of benzene rings is 1. The molecule has 0 saturated carbocycles. The second-order valence-electron chi connectivity index (χ2n) is 8.62. The summed E-state index contributed by atoms with van der Waals surface area (Å²) in [5.41, 5.74) is 4.84. The van der Waals surface area contributed by atoms with Gasteiger partial charge in [-0.2, -0.15) is 0 Å². The van der Waals surface area contributed by atoms with Crippen LogP contribution < -0.4 is 5.32 Å². The quantitative estimate of drug-likeness (QED) is 0.772. The number of carbonyl (C=O) groups is 2. The fraction of sp³-hybridized carbons (Fsp3) is 0.520. The number of carbonyl (C=O) groups excluding carboxylic acids is 2. The number of likely N-dealkylation sites (tertiary alicyclic amines) is 1. The summed E-state index contributed by atoms with van der Waals surface area (Å²) in [6, 6.07) is 8.20. The highest BCUT2D eigenvalue weighted by Crippen LogP contribution is 2.28. The van der Waals surface area contributed by atoms with E-state index >= 15 is 0 Å². The molecule has 0 bridgehead atoms. The van der Waals surface area contributed by atoms with E-state index in [4.69, 9.17) is 9.97 Å². The number of piperidine rings is 1. The summed E-state index contributed by atoms with van der Waals surface area (Å²) >= 11 is 0. The first-order valence-corrected chi connectivity index (χ1v) is 11.3. The summed E-state index contributed by atoms with van der Waals surface area (Å²) < 4.78 is 0. The number of nitrogens with zero attached hydrogens (tertiary/aromatic N) is 3. The molecule has 1 N–H and O–H groups in total. The zero-order valence-electron chi connectivity index (χ0n) is 19.4. The normalized spacial score (nSPS) is 17.3. The number of hydrogen-bond donors (Lipinski definition) is 1. The van der Waals surface area contributed by atoms with Gasteiger partial charge in [-0.15, -0.1) is 0 Å². The predicted molar refractivity (Wildman–Crippen MR) is 122 cm³/mol. The van der Waals surface area contributed by atoms with Crippen LogP contribution in [0.2, 0.25) is 0 Å². The molecular formula is C25H34N4O2. The van der Waals surface area contributed by atoms with Crippen LogP contribution in [-0.2, 0) is 16.0 Å². The molecule has 1 aliphatic heterocycles. The van der Waals surface area contributed by atoms with Gasteiger partial charge in [0, 0.05) is 42.5 Å². The average molecular weight is 423 g/mol. The lowest BCUT2D eigenvalue weighted by molar-refractivity contribution is -0.133. The molecule has 6 heteroatoms. The minimum Gasteiger partial charge on any atom is -0.356 e. The number of rotatable bonds is 6. The van der Waals surface area contributed by atoms with E-state index < -0.39 is 0 Å². The van der Waals surface area contributed by atoms with Crippen molar-refractivity contribution in [2.45, 2.75) is 65.7 Å². The topological polar surface area (TPSA) is 75.2 Å². The van der Waals surface area contributed by atoms with E-state index in [0.29, 0.717) is 19.5 Å². The Hall–Kier alpha value is -2.76. The maximum absolute atomic E-state index is 13.2. The average Bonchev–Trinajstić information content (AvgIpc) is 2.76. The van der Waals surface area contributed by atoms with Gasteiger partial charge >= 0.3 is 0 Å². The summed E-state index contributed by atoms with van der Waals surface area (Å²) in [6.45, 7) is 11.9. The van der Waals surface area contributed by atoms with Gasteiger partial charge in [0.05, 0.1) is 12.3 Å². The van der Waals surface area contributed by atoms with Gasteiger partial charge in [-0.05, 0) is 53.0 Å².